The van der Waals surface area contributed by atoms with Gasteiger partial charge in [0.25, 0.3) is 0 Å². The van der Waals surface area contributed by atoms with E-state index in [0.29, 0.717) is 11.4 Å². The highest BCUT2D eigenvalue weighted by Gasteiger charge is 2.25. The van der Waals surface area contributed by atoms with Crippen molar-refractivity contribution in [2.45, 2.75) is 51.6 Å². The highest BCUT2D eigenvalue weighted by molar-refractivity contribution is 5.99. The predicted octanol–water partition coefficient (Wildman–Crippen LogP) is 3.09. The maximum atomic E-state index is 12.4. The number of halogens is 1. The van der Waals surface area contributed by atoms with E-state index in [1.54, 1.807) is 12.1 Å². The Labute approximate surface area is 149 Å². The van der Waals surface area contributed by atoms with E-state index in [-0.39, 0.29) is 42.3 Å². The molecule has 0 aliphatic heterocycles. The number of nitrogens with one attached hydrogen (secondary N) is 3. The van der Waals surface area contributed by atoms with Gasteiger partial charge in [0.15, 0.2) is 0 Å². The molecule has 0 aromatic heterocycles. The molecule has 0 spiro atoms. The van der Waals surface area contributed by atoms with Gasteiger partial charge in [0.05, 0.1) is 11.4 Å². The number of carbonyl (C=O) groups is 2. The van der Waals surface area contributed by atoms with Crippen LogP contribution in [0.3, 0.4) is 0 Å². The maximum Gasteiger partial charge on any atom is 0.319 e. The molecule has 1 aromatic rings. The van der Waals surface area contributed by atoms with Crippen LogP contribution in [0.4, 0.5) is 16.2 Å². The van der Waals surface area contributed by atoms with E-state index in [4.69, 9.17) is 5.73 Å². The molecule has 3 amide bonds. The van der Waals surface area contributed by atoms with Crippen LogP contribution in [0, 0.1) is 5.92 Å². The second kappa shape index (κ2) is 9.49. The minimum Gasteiger partial charge on any atom is -0.336 e. The quantitative estimate of drug-likeness (QED) is 0.669. The lowest BCUT2D eigenvalue weighted by Gasteiger charge is -2.26. The first-order chi connectivity index (χ1) is 11.0. The number of rotatable bonds is 4. The zero-order valence-electron chi connectivity index (χ0n) is 14.2. The minimum absolute atomic E-state index is 0. The van der Waals surface area contributed by atoms with Gasteiger partial charge in [-0.15, -0.1) is 12.4 Å². The first-order valence-corrected chi connectivity index (χ1v) is 8.18. The number of hydrogen-bond donors (Lipinski definition) is 4. The third-order valence-corrected chi connectivity index (χ3v) is 3.94. The molecule has 0 heterocycles. The summed E-state index contributed by atoms with van der Waals surface area (Å²) in [5.74, 6) is -0.0880. The number of hydrogen-bond acceptors (Lipinski definition) is 3. The highest BCUT2D eigenvalue weighted by Crippen LogP contribution is 2.27. The van der Waals surface area contributed by atoms with Gasteiger partial charge in [-0.25, -0.2) is 4.79 Å². The van der Waals surface area contributed by atoms with Crippen molar-refractivity contribution >= 4 is 35.7 Å². The Morgan fingerprint density at radius 1 is 1.12 bits per heavy atom. The molecule has 1 aliphatic carbocycles. The van der Waals surface area contributed by atoms with Gasteiger partial charge in [-0.1, -0.05) is 18.6 Å². The van der Waals surface area contributed by atoms with Crippen LogP contribution in [0.1, 0.15) is 39.5 Å². The number of nitrogens with two attached hydrogens (primary N) is 1. The second-order valence-electron chi connectivity index (χ2n) is 6.41. The molecule has 24 heavy (non-hydrogen) atoms. The molecular weight excluding hydrogens is 328 g/mol. The van der Waals surface area contributed by atoms with Crippen LogP contribution < -0.4 is 21.7 Å². The molecular formula is C17H27ClN4O2. The first-order valence-electron chi connectivity index (χ1n) is 8.18. The zero-order valence-corrected chi connectivity index (χ0v) is 15.0. The van der Waals surface area contributed by atoms with Gasteiger partial charge in [0.2, 0.25) is 5.91 Å². The van der Waals surface area contributed by atoms with Gasteiger partial charge < -0.3 is 21.7 Å². The Balaban J connectivity index is 0.00000288. The average molecular weight is 355 g/mol. The van der Waals surface area contributed by atoms with E-state index in [1.165, 1.54) is 0 Å². The molecule has 6 nitrogen and oxygen atoms in total. The number of urea groups is 1. The van der Waals surface area contributed by atoms with E-state index < -0.39 is 0 Å². The fourth-order valence-electron chi connectivity index (χ4n) is 2.82. The Kier molecular flexibility index (Phi) is 8.01. The van der Waals surface area contributed by atoms with Crippen molar-refractivity contribution < 1.29 is 9.59 Å². The van der Waals surface area contributed by atoms with E-state index >= 15 is 0 Å². The zero-order chi connectivity index (χ0) is 16.8. The number of benzene rings is 1. The monoisotopic (exact) mass is 354 g/mol. The molecule has 0 bridgehead atoms. The lowest BCUT2D eigenvalue weighted by atomic mass is 9.85. The van der Waals surface area contributed by atoms with Gasteiger partial charge in [0.1, 0.15) is 0 Å². The van der Waals surface area contributed by atoms with Gasteiger partial charge in [-0.3, -0.25) is 4.79 Å². The lowest BCUT2D eigenvalue weighted by molar-refractivity contribution is -0.120. The number of carbonyl (C=O) groups excluding carboxylic acids is 2. The fraction of sp³-hybridized carbons (Fsp3) is 0.529. The van der Waals surface area contributed by atoms with Crippen LogP contribution in [0.5, 0.6) is 0 Å². The van der Waals surface area contributed by atoms with Crippen LogP contribution in [0.15, 0.2) is 24.3 Å². The van der Waals surface area contributed by atoms with Gasteiger partial charge >= 0.3 is 6.03 Å². The van der Waals surface area contributed by atoms with E-state index in [9.17, 15) is 9.59 Å². The first kappa shape index (κ1) is 20.3. The summed E-state index contributed by atoms with van der Waals surface area (Å²) in [5, 5.41) is 8.45. The summed E-state index contributed by atoms with van der Waals surface area (Å²) in [6, 6.07) is 7.05. The van der Waals surface area contributed by atoms with Gasteiger partial charge in [0, 0.05) is 18.0 Å². The summed E-state index contributed by atoms with van der Waals surface area (Å²) in [6.07, 6.45) is 3.55. The summed E-state index contributed by atoms with van der Waals surface area (Å²) in [6.45, 7) is 3.78. The van der Waals surface area contributed by atoms with Crippen molar-refractivity contribution in [2.24, 2.45) is 11.7 Å². The van der Waals surface area contributed by atoms with E-state index in [1.807, 2.05) is 26.0 Å². The standard InChI is InChI=1S/C17H26N4O2.ClH/c1-11(2)19-17(23)21-15-9-4-3-8-14(15)20-16(22)12-6-5-7-13(18)10-12;/h3-4,8-9,11-13H,5-7,10,18H2,1-2H3,(H,20,22)(H2,19,21,23);1H. The van der Waals surface area contributed by atoms with Crippen LogP contribution in [0.25, 0.3) is 0 Å². The lowest BCUT2D eigenvalue weighted by Crippen LogP contribution is -2.35. The molecule has 1 fully saturated rings. The number of anilines is 2. The summed E-state index contributed by atoms with van der Waals surface area (Å²) in [5.41, 5.74) is 7.14. The van der Waals surface area contributed by atoms with Gasteiger partial charge in [-0.05, 0) is 45.2 Å². The minimum atomic E-state index is -0.290. The summed E-state index contributed by atoms with van der Waals surface area (Å²) in [7, 11) is 0. The Morgan fingerprint density at radius 2 is 1.75 bits per heavy atom. The van der Waals surface area contributed by atoms with Crippen LogP contribution in [-0.2, 0) is 4.79 Å². The molecule has 2 atom stereocenters. The molecule has 1 saturated carbocycles. The summed E-state index contributed by atoms with van der Waals surface area (Å²) < 4.78 is 0. The summed E-state index contributed by atoms with van der Waals surface area (Å²) >= 11 is 0. The van der Waals surface area contributed by atoms with Crippen LogP contribution >= 0.6 is 12.4 Å². The number of para-hydroxylation sites is 2. The van der Waals surface area contributed by atoms with Crippen LogP contribution in [-0.4, -0.2) is 24.0 Å². The summed E-state index contributed by atoms with van der Waals surface area (Å²) in [4.78, 5) is 24.3. The molecule has 5 N–H and O–H groups in total. The fourth-order valence-corrected chi connectivity index (χ4v) is 2.82. The molecule has 0 saturated heterocycles. The molecule has 1 aliphatic rings. The van der Waals surface area contributed by atoms with Crippen molar-refractivity contribution in [3.05, 3.63) is 24.3 Å². The normalized spacial score (nSPS) is 20.0. The Hall–Kier alpha value is -1.79. The van der Waals surface area contributed by atoms with E-state index in [2.05, 4.69) is 16.0 Å². The Bertz CT molecular complexity index is 565. The van der Waals surface area contributed by atoms with Gasteiger partial charge in [-0.2, -0.15) is 0 Å². The SMILES string of the molecule is CC(C)NC(=O)Nc1ccccc1NC(=O)C1CCCC(N)C1.Cl. The average Bonchev–Trinajstić information content (AvgIpc) is 2.48. The smallest absolute Gasteiger partial charge is 0.319 e. The topological polar surface area (TPSA) is 96.2 Å². The third kappa shape index (κ3) is 6.02. The number of amides is 3. The highest BCUT2D eigenvalue weighted by atomic mass is 35.5. The maximum absolute atomic E-state index is 12.4. The molecule has 7 heteroatoms. The predicted molar refractivity (Wildman–Crippen MR) is 99.5 cm³/mol. The molecule has 2 rings (SSSR count). The molecule has 0 radical (unpaired) electrons. The molecule has 1 aromatic carbocycles. The molecule has 134 valence electrons. The second-order valence-corrected chi connectivity index (χ2v) is 6.41. The van der Waals surface area contributed by atoms with Crippen LogP contribution in [0.2, 0.25) is 0 Å². The molecule has 2 unspecified atom stereocenters. The largest absolute Gasteiger partial charge is 0.336 e. The van der Waals surface area contributed by atoms with Crippen molar-refractivity contribution in [1.29, 1.82) is 0 Å². The van der Waals surface area contributed by atoms with Crippen molar-refractivity contribution in [1.82, 2.24) is 5.32 Å². The van der Waals surface area contributed by atoms with Crippen molar-refractivity contribution in [2.75, 3.05) is 10.6 Å². The third-order valence-electron chi connectivity index (χ3n) is 3.94. The van der Waals surface area contributed by atoms with Crippen molar-refractivity contribution in [3.63, 3.8) is 0 Å². The van der Waals surface area contributed by atoms with E-state index in [0.717, 1.165) is 25.7 Å². The van der Waals surface area contributed by atoms with Crippen molar-refractivity contribution in [3.8, 4) is 0 Å². The Morgan fingerprint density at radius 3 is 2.33 bits per heavy atom.